The molecule has 0 spiro atoms. The third-order valence-corrected chi connectivity index (χ3v) is 5.17. The maximum absolute atomic E-state index is 6.23. The van der Waals surface area contributed by atoms with Crippen molar-refractivity contribution in [3.63, 3.8) is 0 Å². The molecule has 0 saturated heterocycles. The first-order valence-corrected chi connectivity index (χ1v) is 10.1. The van der Waals surface area contributed by atoms with Gasteiger partial charge in [-0.3, -0.25) is 9.36 Å². The van der Waals surface area contributed by atoms with Crippen molar-refractivity contribution < 1.29 is 0 Å². The molecule has 0 aliphatic rings. The van der Waals surface area contributed by atoms with E-state index in [0.29, 0.717) is 21.7 Å². The molecule has 3 rings (SSSR count). The van der Waals surface area contributed by atoms with Gasteiger partial charge in [-0.25, -0.2) is 0 Å². The highest BCUT2D eigenvalue weighted by Crippen LogP contribution is 2.22. The number of benzene rings is 1. The second-order valence-electron chi connectivity index (χ2n) is 6.51. The van der Waals surface area contributed by atoms with Crippen LogP contribution in [-0.2, 0) is 13.1 Å². The van der Waals surface area contributed by atoms with Crippen LogP contribution >= 0.6 is 35.4 Å². The largest absolute Gasteiger partial charge is 0.356 e. The standard InChI is InChI=1S/C19H22Cl2N6S/c1-4-26-11-17(13(3)25-26)12(2)23-19(28)24-16-8-22-27(10-16)9-14-5-6-15(20)7-18(14)21/h5-8,10-12H,4,9H2,1-3H3,(H2,23,24,28). The molecule has 3 aromatic rings. The lowest BCUT2D eigenvalue weighted by Gasteiger charge is -2.15. The maximum atomic E-state index is 6.23. The fourth-order valence-corrected chi connectivity index (χ4v) is 3.66. The van der Waals surface area contributed by atoms with Crippen molar-refractivity contribution in [3.8, 4) is 0 Å². The summed E-state index contributed by atoms with van der Waals surface area (Å²) in [6, 6.07) is 5.48. The predicted octanol–water partition coefficient (Wildman–Crippen LogP) is 4.81. The van der Waals surface area contributed by atoms with Crippen molar-refractivity contribution in [1.82, 2.24) is 24.9 Å². The summed E-state index contributed by atoms with van der Waals surface area (Å²) < 4.78 is 3.71. The summed E-state index contributed by atoms with van der Waals surface area (Å²) >= 11 is 17.6. The first-order chi connectivity index (χ1) is 13.4. The lowest BCUT2D eigenvalue weighted by molar-refractivity contribution is 0.651. The second-order valence-corrected chi connectivity index (χ2v) is 7.76. The molecule has 9 heteroatoms. The van der Waals surface area contributed by atoms with Gasteiger partial charge in [0.05, 0.1) is 30.2 Å². The Morgan fingerprint density at radius 1 is 1.25 bits per heavy atom. The van der Waals surface area contributed by atoms with E-state index in [1.165, 1.54) is 0 Å². The Kier molecular flexibility index (Phi) is 6.59. The van der Waals surface area contributed by atoms with Crippen molar-refractivity contribution >= 4 is 46.2 Å². The van der Waals surface area contributed by atoms with Gasteiger partial charge in [0.25, 0.3) is 0 Å². The Morgan fingerprint density at radius 2 is 2.04 bits per heavy atom. The van der Waals surface area contributed by atoms with Gasteiger partial charge in [-0.05, 0) is 50.7 Å². The number of anilines is 1. The number of halogens is 2. The van der Waals surface area contributed by atoms with Gasteiger partial charge < -0.3 is 10.6 Å². The molecule has 2 heterocycles. The zero-order chi connectivity index (χ0) is 20.3. The molecule has 0 bridgehead atoms. The van der Waals surface area contributed by atoms with Crippen molar-refractivity contribution in [1.29, 1.82) is 0 Å². The zero-order valence-electron chi connectivity index (χ0n) is 15.9. The van der Waals surface area contributed by atoms with E-state index in [9.17, 15) is 0 Å². The first-order valence-electron chi connectivity index (χ1n) is 8.93. The summed E-state index contributed by atoms with van der Waals surface area (Å²) in [7, 11) is 0. The summed E-state index contributed by atoms with van der Waals surface area (Å²) in [5.41, 5.74) is 3.87. The molecule has 1 unspecified atom stereocenters. The number of aromatic nitrogens is 4. The summed E-state index contributed by atoms with van der Waals surface area (Å²) in [4.78, 5) is 0. The molecule has 2 N–H and O–H groups in total. The average Bonchev–Trinajstić information content (AvgIpc) is 3.23. The van der Waals surface area contributed by atoms with Crippen LogP contribution in [0.2, 0.25) is 10.0 Å². The van der Waals surface area contributed by atoms with E-state index in [0.717, 1.165) is 29.1 Å². The number of thiocarbonyl (C=S) groups is 1. The smallest absolute Gasteiger partial charge is 0.171 e. The van der Waals surface area contributed by atoms with Gasteiger partial charge in [-0.1, -0.05) is 29.3 Å². The average molecular weight is 437 g/mol. The van der Waals surface area contributed by atoms with Gasteiger partial charge >= 0.3 is 0 Å². The maximum Gasteiger partial charge on any atom is 0.171 e. The van der Waals surface area contributed by atoms with E-state index in [1.54, 1.807) is 16.9 Å². The molecule has 0 aliphatic heterocycles. The van der Waals surface area contributed by atoms with Crippen LogP contribution < -0.4 is 10.6 Å². The van der Waals surface area contributed by atoms with E-state index in [-0.39, 0.29) is 6.04 Å². The van der Waals surface area contributed by atoms with Crippen molar-refractivity contribution in [2.75, 3.05) is 5.32 Å². The molecular weight excluding hydrogens is 415 g/mol. The fourth-order valence-electron chi connectivity index (χ4n) is 2.90. The predicted molar refractivity (Wildman–Crippen MR) is 118 cm³/mol. The lowest BCUT2D eigenvalue weighted by atomic mass is 10.1. The topological polar surface area (TPSA) is 59.7 Å². The van der Waals surface area contributed by atoms with E-state index in [4.69, 9.17) is 35.4 Å². The number of rotatable bonds is 6. The quantitative estimate of drug-likeness (QED) is 0.542. The van der Waals surface area contributed by atoms with Gasteiger partial charge in [-0.15, -0.1) is 0 Å². The highest BCUT2D eigenvalue weighted by molar-refractivity contribution is 7.80. The minimum Gasteiger partial charge on any atom is -0.356 e. The van der Waals surface area contributed by atoms with Crippen LogP contribution in [0.25, 0.3) is 0 Å². The molecule has 2 aromatic heterocycles. The number of nitrogens with zero attached hydrogens (tertiary/aromatic N) is 4. The highest BCUT2D eigenvalue weighted by atomic mass is 35.5. The van der Waals surface area contributed by atoms with Gasteiger partial charge in [0.15, 0.2) is 5.11 Å². The molecule has 0 amide bonds. The summed E-state index contributed by atoms with van der Waals surface area (Å²) in [6.07, 6.45) is 5.65. The summed E-state index contributed by atoms with van der Waals surface area (Å²) in [5.74, 6) is 0. The van der Waals surface area contributed by atoms with Crippen molar-refractivity contribution in [3.05, 3.63) is 63.7 Å². The van der Waals surface area contributed by atoms with Crippen LogP contribution in [0, 0.1) is 6.92 Å². The fraction of sp³-hybridized carbons (Fsp3) is 0.316. The minimum absolute atomic E-state index is 0.0446. The van der Waals surface area contributed by atoms with Gasteiger partial charge in [-0.2, -0.15) is 10.2 Å². The Balaban J connectivity index is 1.59. The number of hydrogen-bond acceptors (Lipinski definition) is 3. The van der Waals surface area contributed by atoms with Gasteiger partial charge in [0.2, 0.25) is 0 Å². The van der Waals surface area contributed by atoms with E-state index in [1.807, 2.05) is 36.1 Å². The lowest BCUT2D eigenvalue weighted by Crippen LogP contribution is -2.30. The normalized spacial score (nSPS) is 12.0. The third kappa shape index (κ3) is 5.04. The van der Waals surface area contributed by atoms with Crippen molar-refractivity contribution in [2.24, 2.45) is 0 Å². The number of hydrogen-bond donors (Lipinski definition) is 2. The first kappa shape index (κ1) is 20.6. The molecule has 28 heavy (non-hydrogen) atoms. The molecule has 0 aliphatic carbocycles. The van der Waals surface area contributed by atoms with Crippen LogP contribution in [0.4, 0.5) is 5.69 Å². The van der Waals surface area contributed by atoms with Crippen LogP contribution in [0.1, 0.15) is 36.7 Å². The number of nitrogens with one attached hydrogen (secondary N) is 2. The van der Waals surface area contributed by atoms with Crippen LogP contribution in [0.15, 0.2) is 36.8 Å². The molecule has 1 aromatic carbocycles. The molecular formula is C19H22Cl2N6S. The van der Waals surface area contributed by atoms with Crippen LogP contribution in [-0.4, -0.2) is 24.7 Å². The zero-order valence-corrected chi connectivity index (χ0v) is 18.2. The van der Waals surface area contributed by atoms with Gasteiger partial charge in [0.1, 0.15) is 0 Å². The molecule has 0 fully saturated rings. The Hall–Kier alpha value is -2.09. The van der Waals surface area contributed by atoms with E-state index in [2.05, 4.69) is 34.7 Å². The van der Waals surface area contributed by atoms with Gasteiger partial charge in [0, 0.05) is 34.5 Å². The second kappa shape index (κ2) is 8.94. The third-order valence-electron chi connectivity index (χ3n) is 4.36. The number of aryl methyl sites for hydroxylation is 2. The Labute approximate surface area is 179 Å². The summed E-state index contributed by atoms with van der Waals surface area (Å²) in [6.45, 7) is 7.51. The molecule has 1 atom stereocenters. The van der Waals surface area contributed by atoms with E-state index >= 15 is 0 Å². The monoisotopic (exact) mass is 436 g/mol. The molecule has 6 nitrogen and oxygen atoms in total. The SMILES string of the molecule is CCn1cc(C(C)NC(=S)Nc2cnn(Cc3ccc(Cl)cc3Cl)c2)c(C)n1. The summed E-state index contributed by atoms with van der Waals surface area (Å²) in [5, 5.41) is 17.1. The van der Waals surface area contributed by atoms with Crippen LogP contribution in [0.3, 0.4) is 0 Å². The molecule has 0 radical (unpaired) electrons. The van der Waals surface area contributed by atoms with Crippen molar-refractivity contribution in [2.45, 2.75) is 39.9 Å². The van der Waals surface area contributed by atoms with Crippen LogP contribution in [0.5, 0.6) is 0 Å². The Morgan fingerprint density at radius 3 is 2.71 bits per heavy atom. The molecule has 0 saturated carbocycles. The minimum atomic E-state index is 0.0446. The molecule has 148 valence electrons. The highest BCUT2D eigenvalue weighted by Gasteiger charge is 2.13. The Bertz CT molecular complexity index is 981. The van der Waals surface area contributed by atoms with E-state index < -0.39 is 0 Å².